The van der Waals surface area contributed by atoms with Gasteiger partial charge >= 0.3 is 5.97 Å². The minimum Gasteiger partial charge on any atom is -0.466 e. The first-order valence-corrected chi connectivity index (χ1v) is 10.3. The van der Waals surface area contributed by atoms with E-state index in [1.54, 1.807) is 0 Å². The number of esters is 1. The highest BCUT2D eigenvalue weighted by atomic mass is 16.5. The Kier molecular flexibility index (Phi) is 15.2. The molecule has 0 N–H and O–H groups in total. The van der Waals surface area contributed by atoms with Gasteiger partial charge in [0.25, 0.3) is 0 Å². The molecule has 0 atom stereocenters. The molecule has 2 heteroatoms. The van der Waals surface area contributed by atoms with Crippen LogP contribution in [-0.4, -0.2) is 12.6 Å². The molecule has 0 saturated carbocycles. The summed E-state index contributed by atoms with van der Waals surface area (Å²) in [6.07, 6.45) is 19.3. The molecule has 0 spiro atoms. The Labute approximate surface area is 151 Å². The smallest absolute Gasteiger partial charge is 0.306 e. The molecule has 24 heavy (non-hydrogen) atoms. The summed E-state index contributed by atoms with van der Waals surface area (Å²) in [6, 6.07) is 0. The molecule has 0 aliphatic rings. The zero-order valence-electron chi connectivity index (χ0n) is 16.9. The summed E-state index contributed by atoms with van der Waals surface area (Å²) in [4.78, 5) is 11.6. The number of ether oxygens (including phenoxy) is 1. The largest absolute Gasteiger partial charge is 0.466 e. The van der Waals surface area contributed by atoms with Crippen molar-refractivity contribution in [3.05, 3.63) is 12.2 Å². The zero-order chi connectivity index (χ0) is 18.1. The highest BCUT2D eigenvalue weighted by Crippen LogP contribution is 2.27. The van der Waals surface area contributed by atoms with E-state index < -0.39 is 0 Å². The maximum atomic E-state index is 11.6. The normalized spacial score (nSPS) is 12.0. The lowest BCUT2D eigenvalue weighted by molar-refractivity contribution is -0.143. The fraction of sp³-hybridized carbons (Fsp3) is 0.864. The van der Waals surface area contributed by atoms with Crippen LogP contribution in [0.4, 0.5) is 0 Å². The lowest BCUT2D eigenvalue weighted by Crippen LogP contribution is -2.08. The van der Waals surface area contributed by atoms with Crippen molar-refractivity contribution >= 4 is 5.97 Å². The van der Waals surface area contributed by atoms with Crippen molar-refractivity contribution in [2.24, 2.45) is 5.41 Å². The van der Waals surface area contributed by atoms with Crippen LogP contribution in [0.25, 0.3) is 0 Å². The Balaban J connectivity index is 3.32. The number of carbonyl (C=O) groups excluding carboxylic acids is 1. The van der Waals surface area contributed by atoms with Gasteiger partial charge in [0, 0.05) is 6.42 Å². The quantitative estimate of drug-likeness (QED) is 0.169. The van der Waals surface area contributed by atoms with Gasteiger partial charge in [-0.1, -0.05) is 91.2 Å². The van der Waals surface area contributed by atoms with Crippen LogP contribution in [0.1, 0.15) is 111 Å². The van der Waals surface area contributed by atoms with Gasteiger partial charge in [-0.2, -0.15) is 0 Å². The molecule has 0 aliphatic carbocycles. The van der Waals surface area contributed by atoms with Crippen molar-refractivity contribution in [1.82, 2.24) is 0 Å². The van der Waals surface area contributed by atoms with E-state index in [0.29, 0.717) is 18.4 Å². The van der Waals surface area contributed by atoms with Crippen molar-refractivity contribution in [1.29, 1.82) is 0 Å². The molecule has 2 nitrogen and oxygen atoms in total. The molecule has 0 aromatic rings. The van der Waals surface area contributed by atoms with Gasteiger partial charge in [-0.3, -0.25) is 4.79 Å². The van der Waals surface area contributed by atoms with E-state index in [1.165, 1.54) is 57.8 Å². The lowest BCUT2D eigenvalue weighted by Gasteiger charge is -2.22. The van der Waals surface area contributed by atoms with E-state index in [4.69, 9.17) is 4.74 Å². The van der Waals surface area contributed by atoms with E-state index in [2.05, 4.69) is 39.8 Å². The van der Waals surface area contributed by atoms with Gasteiger partial charge < -0.3 is 4.74 Å². The SMILES string of the molecule is CCCC/C=C\CCC(=O)OCCCCCCCCC(C)(C)CC. The molecule has 0 aromatic carbocycles. The van der Waals surface area contributed by atoms with Gasteiger partial charge in [-0.05, 0) is 31.1 Å². The van der Waals surface area contributed by atoms with Gasteiger partial charge in [-0.15, -0.1) is 0 Å². The van der Waals surface area contributed by atoms with Crippen LogP contribution in [0.2, 0.25) is 0 Å². The minimum absolute atomic E-state index is 0.0445. The van der Waals surface area contributed by atoms with Crippen LogP contribution < -0.4 is 0 Å². The molecule has 0 fully saturated rings. The highest BCUT2D eigenvalue weighted by Gasteiger charge is 2.13. The first-order chi connectivity index (χ1) is 11.5. The van der Waals surface area contributed by atoms with Gasteiger partial charge in [0.2, 0.25) is 0 Å². The molecule has 0 saturated heterocycles. The summed E-state index contributed by atoms with van der Waals surface area (Å²) in [5, 5.41) is 0. The number of unbranched alkanes of at least 4 members (excludes halogenated alkanes) is 7. The third-order valence-electron chi connectivity index (χ3n) is 4.87. The monoisotopic (exact) mass is 338 g/mol. The average molecular weight is 339 g/mol. The number of rotatable bonds is 16. The van der Waals surface area contributed by atoms with Crippen molar-refractivity contribution in [3.8, 4) is 0 Å². The Morgan fingerprint density at radius 2 is 1.50 bits per heavy atom. The molecule has 0 amide bonds. The summed E-state index contributed by atoms with van der Waals surface area (Å²) < 4.78 is 5.28. The summed E-state index contributed by atoms with van der Waals surface area (Å²) in [5.74, 6) is -0.0445. The van der Waals surface area contributed by atoms with E-state index in [-0.39, 0.29) is 5.97 Å². The van der Waals surface area contributed by atoms with Crippen LogP contribution in [0, 0.1) is 5.41 Å². The van der Waals surface area contributed by atoms with Gasteiger partial charge in [0.05, 0.1) is 6.61 Å². The van der Waals surface area contributed by atoms with E-state index in [0.717, 1.165) is 19.3 Å². The summed E-state index contributed by atoms with van der Waals surface area (Å²) in [7, 11) is 0. The Hall–Kier alpha value is -0.790. The minimum atomic E-state index is -0.0445. The number of hydrogen-bond acceptors (Lipinski definition) is 2. The Morgan fingerprint density at radius 3 is 2.17 bits per heavy atom. The van der Waals surface area contributed by atoms with Crippen molar-refractivity contribution < 1.29 is 9.53 Å². The van der Waals surface area contributed by atoms with Crippen molar-refractivity contribution in [3.63, 3.8) is 0 Å². The van der Waals surface area contributed by atoms with Crippen LogP contribution in [-0.2, 0) is 9.53 Å². The molecule has 0 rings (SSSR count). The van der Waals surface area contributed by atoms with Gasteiger partial charge in [-0.25, -0.2) is 0 Å². The fourth-order valence-electron chi connectivity index (χ4n) is 2.61. The number of allylic oxidation sites excluding steroid dienone is 2. The van der Waals surface area contributed by atoms with Crippen LogP contribution in [0.15, 0.2) is 12.2 Å². The second-order valence-corrected chi connectivity index (χ2v) is 7.76. The molecule has 0 aliphatic heterocycles. The van der Waals surface area contributed by atoms with Gasteiger partial charge in [0.1, 0.15) is 0 Å². The Bertz CT molecular complexity index is 318. The first kappa shape index (κ1) is 23.2. The fourth-order valence-corrected chi connectivity index (χ4v) is 2.61. The van der Waals surface area contributed by atoms with E-state index in [1.807, 2.05) is 0 Å². The third kappa shape index (κ3) is 16.1. The molecule has 0 radical (unpaired) electrons. The van der Waals surface area contributed by atoms with Crippen molar-refractivity contribution in [2.75, 3.05) is 6.61 Å². The maximum absolute atomic E-state index is 11.6. The molecule has 142 valence electrons. The van der Waals surface area contributed by atoms with Crippen LogP contribution >= 0.6 is 0 Å². The Morgan fingerprint density at radius 1 is 0.875 bits per heavy atom. The van der Waals surface area contributed by atoms with Gasteiger partial charge in [0.15, 0.2) is 0 Å². The second kappa shape index (κ2) is 15.7. The molecule has 0 unspecified atom stereocenters. The first-order valence-electron chi connectivity index (χ1n) is 10.3. The summed E-state index contributed by atoms with van der Waals surface area (Å²) in [6.45, 7) is 9.80. The van der Waals surface area contributed by atoms with Crippen LogP contribution in [0.3, 0.4) is 0 Å². The molecule has 0 heterocycles. The third-order valence-corrected chi connectivity index (χ3v) is 4.87. The topological polar surface area (TPSA) is 26.3 Å². The number of hydrogen-bond donors (Lipinski definition) is 0. The molecular formula is C22H42O2. The van der Waals surface area contributed by atoms with E-state index >= 15 is 0 Å². The maximum Gasteiger partial charge on any atom is 0.306 e. The predicted molar refractivity (Wildman–Crippen MR) is 105 cm³/mol. The van der Waals surface area contributed by atoms with Crippen molar-refractivity contribution in [2.45, 2.75) is 111 Å². The molecule has 0 aromatic heterocycles. The predicted octanol–water partition coefficient (Wildman–Crippen LogP) is 7.22. The summed E-state index contributed by atoms with van der Waals surface area (Å²) >= 11 is 0. The van der Waals surface area contributed by atoms with E-state index in [9.17, 15) is 4.79 Å². The number of carbonyl (C=O) groups is 1. The standard InChI is InChI=1S/C22H42O2/c1-5-7-8-9-12-15-18-21(23)24-20-17-14-11-10-13-16-19-22(3,4)6-2/h9,12H,5-8,10-11,13-20H2,1-4H3/b12-9-. The molecule has 0 bridgehead atoms. The average Bonchev–Trinajstić information content (AvgIpc) is 2.56. The van der Waals surface area contributed by atoms with Crippen LogP contribution in [0.5, 0.6) is 0 Å². The highest BCUT2D eigenvalue weighted by molar-refractivity contribution is 5.69. The summed E-state index contributed by atoms with van der Waals surface area (Å²) in [5.41, 5.74) is 0.513. The zero-order valence-corrected chi connectivity index (χ0v) is 16.9. The second-order valence-electron chi connectivity index (χ2n) is 7.76. The molecular weight excluding hydrogens is 296 g/mol. The lowest BCUT2D eigenvalue weighted by atomic mass is 9.84.